The Morgan fingerprint density at radius 2 is 2.16 bits per heavy atom. The number of carbonyl (C=O) groups excluding carboxylic acids is 1. The molecule has 1 aromatic carbocycles. The van der Waals surface area contributed by atoms with Gasteiger partial charge in [-0.15, -0.1) is 11.3 Å². The van der Waals surface area contributed by atoms with Crippen LogP contribution in [0.2, 0.25) is 10.0 Å². The molecule has 1 aromatic heterocycles. The summed E-state index contributed by atoms with van der Waals surface area (Å²) < 4.78 is 6.46. The van der Waals surface area contributed by atoms with Crippen molar-refractivity contribution in [2.24, 2.45) is 0 Å². The second-order valence-electron chi connectivity index (χ2n) is 8.00. The average molecular weight is 518 g/mol. The van der Waals surface area contributed by atoms with E-state index in [4.69, 9.17) is 27.9 Å². The summed E-state index contributed by atoms with van der Waals surface area (Å²) in [5.41, 5.74) is 0.518. The Hall–Kier alpha value is -1.36. The van der Waals surface area contributed by atoms with Crippen LogP contribution in [0.1, 0.15) is 25.1 Å². The van der Waals surface area contributed by atoms with Crippen molar-refractivity contribution >= 4 is 58.2 Å². The largest absolute Gasteiger partial charge is 0.481 e. The maximum atomic E-state index is 12.3. The summed E-state index contributed by atoms with van der Waals surface area (Å²) in [6, 6.07) is 5.62. The molecule has 1 atom stereocenters. The summed E-state index contributed by atoms with van der Waals surface area (Å²) in [6.07, 6.45) is -0.0942. The molecule has 0 radical (unpaired) electrons. The zero-order valence-electron chi connectivity index (χ0n) is 17.8. The number of hydrogen-bond donors (Lipinski definition) is 2. The van der Waals surface area contributed by atoms with Gasteiger partial charge in [-0.25, -0.2) is 4.98 Å². The van der Waals surface area contributed by atoms with Crippen molar-refractivity contribution in [1.29, 1.82) is 0 Å². The molecule has 0 aliphatic carbocycles. The number of carboxylic acid groups (broad SMARTS) is 1. The number of amides is 1. The molecular weight excluding hydrogens is 493 g/mol. The summed E-state index contributed by atoms with van der Waals surface area (Å²) in [5, 5.41) is 15.0. The summed E-state index contributed by atoms with van der Waals surface area (Å²) in [4.78, 5) is 30.2. The lowest BCUT2D eigenvalue weighted by Crippen LogP contribution is -2.47. The van der Waals surface area contributed by atoms with Crippen LogP contribution in [0.25, 0.3) is 0 Å². The zero-order chi connectivity index (χ0) is 23.3. The molecule has 2 N–H and O–H groups in total. The molecule has 0 saturated carbocycles. The van der Waals surface area contributed by atoms with E-state index >= 15 is 0 Å². The molecule has 1 aliphatic rings. The number of carbonyl (C=O) groups is 2. The molecule has 3 rings (SSSR count). The number of nitrogens with one attached hydrogen (secondary N) is 1. The first kappa shape index (κ1) is 25.3. The van der Waals surface area contributed by atoms with Gasteiger partial charge in [0, 0.05) is 31.6 Å². The number of thiazole rings is 1. The molecule has 32 heavy (non-hydrogen) atoms. The molecule has 0 unspecified atom stereocenters. The monoisotopic (exact) mass is 517 g/mol. The van der Waals surface area contributed by atoms with Crippen LogP contribution in [0, 0.1) is 0 Å². The second kappa shape index (κ2) is 11.2. The number of morpholine rings is 1. The first-order valence-electron chi connectivity index (χ1n) is 10.0. The summed E-state index contributed by atoms with van der Waals surface area (Å²) in [7, 11) is 0. The van der Waals surface area contributed by atoms with Crippen molar-refractivity contribution in [1.82, 2.24) is 15.2 Å². The van der Waals surface area contributed by atoms with Gasteiger partial charge >= 0.3 is 5.97 Å². The molecule has 0 bridgehead atoms. The molecule has 2 heterocycles. The summed E-state index contributed by atoms with van der Waals surface area (Å²) in [5.74, 6) is -0.840. The number of thioether (sulfide) groups is 1. The number of benzene rings is 1. The van der Waals surface area contributed by atoms with Gasteiger partial charge in [0.2, 0.25) is 5.91 Å². The fraction of sp³-hybridized carbons (Fsp3) is 0.476. The Morgan fingerprint density at radius 3 is 2.88 bits per heavy atom. The van der Waals surface area contributed by atoms with Crippen LogP contribution < -0.4 is 5.32 Å². The van der Waals surface area contributed by atoms with Crippen molar-refractivity contribution < 1.29 is 19.4 Å². The van der Waals surface area contributed by atoms with Gasteiger partial charge in [-0.05, 0) is 31.5 Å². The minimum atomic E-state index is -1.06. The molecular formula is C21H25Cl2N3O4S2. The number of aliphatic carboxylic acids is 1. The number of nitrogens with zero attached hydrogens (tertiary/aromatic N) is 2. The maximum absolute atomic E-state index is 12.3. The van der Waals surface area contributed by atoms with Crippen molar-refractivity contribution in [2.75, 3.05) is 32.0 Å². The van der Waals surface area contributed by atoms with Crippen molar-refractivity contribution in [2.45, 2.75) is 36.3 Å². The lowest BCUT2D eigenvalue weighted by Gasteiger charge is -2.33. The van der Waals surface area contributed by atoms with E-state index in [1.807, 2.05) is 12.1 Å². The van der Waals surface area contributed by atoms with Crippen molar-refractivity contribution in [3.8, 4) is 0 Å². The normalized spacial score (nSPS) is 17.3. The molecule has 11 heteroatoms. The van der Waals surface area contributed by atoms with Crippen LogP contribution >= 0.6 is 46.3 Å². The number of ether oxygens (including phenoxy) is 1. The Kier molecular flexibility index (Phi) is 8.82. The van der Waals surface area contributed by atoms with Gasteiger partial charge in [0.1, 0.15) is 5.41 Å². The number of aromatic nitrogens is 1. The standard InChI is InChI=1S/C21H25Cl2N3O4S2/c1-21(2,19(28)29)17-11-31-20(25-17)32-12-18(27)24-8-14-10-26(5-6-30-14)9-13-3-4-15(22)16(23)7-13/h3-4,7,11,14H,5-6,8-10,12H2,1-2H3,(H,24,27)(H,28,29)/t14-/m0/s1. The topological polar surface area (TPSA) is 91.8 Å². The highest BCUT2D eigenvalue weighted by Crippen LogP contribution is 2.29. The third-order valence-corrected chi connectivity index (χ3v) is 7.88. The molecule has 1 fully saturated rings. The predicted molar refractivity (Wildman–Crippen MR) is 128 cm³/mol. The minimum Gasteiger partial charge on any atom is -0.481 e. The van der Waals surface area contributed by atoms with Crippen LogP contribution in [0.3, 0.4) is 0 Å². The number of carboxylic acids is 1. The van der Waals surface area contributed by atoms with Crippen molar-refractivity contribution in [3.05, 3.63) is 44.9 Å². The molecule has 1 aliphatic heterocycles. The van der Waals surface area contributed by atoms with E-state index in [1.54, 1.807) is 25.3 Å². The molecule has 1 saturated heterocycles. The van der Waals surface area contributed by atoms with Gasteiger partial charge in [-0.3, -0.25) is 14.5 Å². The number of rotatable bonds is 9. The molecule has 1 amide bonds. The zero-order valence-corrected chi connectivity index (χ0v) is 20.9. The summed E-state index contributed by atoms with van der Waals surface area (Å²) >= 11 is 14.7. The second-order valence-corrected chi connectivity index (χ2v) is 10.9. The van der Waals surface area contributed by atoms with E-state index in [2.05, 4.69) is 15.2 Å². The smallest absolute Gasteiger partial charge is 0.315 e. The average Bonchev–Trinajstić information content (AvgIpc) is 3.23. The van der Waals surface area contributed by atoms with Gasteiger partial charge in [0.25, 0.3) is 0 Å². The van der Waals surface area contributed by atoms with Crippen LogP contribution in [-0.2, 0) is 26.3 Å². The molecule has 0 spiro atoms. The third-order valence-electron chi connectivity index (χ3n) is 5.12. The lowest BCUT2D eigenvalue weighted by atomic mass is 9.91. The Morgan fingerprint density at radius 1 is 1.38 bits per heavy atom. The highest BCUT2D eigenvalue weighted by molar-refractivity contribution is 8.01. The highest BCUT2D eigenvalue weighted by Gasteiger charge is 2.32. The SMILES string of the molecule is CC(C)(C(=O)O)c1csc(SCC(=O)NC[C@H]2CN(Cc3ccc(Cl)c(Cl)c3)CCO2)n1. The van der Waals surface area contributed by atoms with Gasteiger partial charge < -0.3 is 15.2 Å². The first-order chi connectivity index (χ1) is 15.1. The van der Waals surface area contributed by atoms with E-state index in [0.29, 0.717) is 39.8 Å². The minimum absolute atomic E-state index is 0.0942. The Balaban J connectivity index is 1.42. The quantitative estimate of drug-likeness (QED) is 0.487. The van der Waals surface area contributed by atoms with E-state index in [0.717, 1.165) is 18.7 Å². The molecule has 174 valence electrons. The van der Waals surface area contributed by atoms with E-state index in [9.17, 15) is 14.7 Å². The highest BCUT2D eigenvalue weighted by atomic mass is 35.5. The van der Waals surface area contributed by atoms with Crippen LogP contribution in [0.5, 0.6) is 0 Å². The van der Waals surface area contributed by atoms with E-state index in [-0.39, 0.29) is 17.8 Å². The van der Waals surface area contributed by atoms with Crippen LogP contribution in [-0.4, -0.2) is 65.0 Å². The first-order valence-corrected chi connectivity index (χ1v) is 12.6. The Labute approximate surface area is 205 Å². The summed E-state index contributed by atoms with van der Waals surface area (Å²) in [6.45, 7) is 6.48. The number of hydrogen-bond acceptors (Lipinski definition) is 7. The molecule has 7 nitrogen and oxygen atoms in total. The fourth-order valence-corrected chi connectivity index (χ4v) is 5.21. The lowest BCUT2D eigenvalue weighted by molar-refractivity contribution is -0.142. The predicted octanol–water partition coefficient (Wildman–Crippen LogP) is 3.92. The number of halogens is 2. The Bertz CT molecular complexity index is 970. The maximum Gasteiger partial charge on any atom is 0.315 e. The fourth-order valence-electron chi connectivity index (χ4n) is 3.07. The van der Waals surface area contributed by atoms with E-state index in [1.165, 1.54) is 23.1 Å². The van der Waals surface area contributed by atoms with Gasteiger partial charge in [0.05, 0.1) is 34.2 Å². The van der Waals surface area contributed by atoms with Gasteiger partial charge in [-0.2, -0.15) is 0 Å². The van der Waals surface area contributed by atoms with Gasteiger partial charge in [0.15, 0.2) is 4.34 Å². The molecule has 2 aromatic rings. The van der Waals surface area contributed by atoms with Crippen molar-refractivity contribution in [3.63, 3.8) is 0 Å². The van der Waals surface area contributed by atoms with E-state index < -0.39 is 11.4 Å². The third kappa shape index (κ3) is 6.82. The van der Waals surface area contributed by atoms with Crippen LogP contribution in [0.15, 0.2) is 27.9 Å². The van der Waals surface area contributed by atoms with Gasteiger partial charge in [-0.1, -0.05) is 41.0 Å². The van der Waals surface area contributed by atoms with Crippen LogP contribution in [0.4, 0.5) is 0 Å².